The van der Waals surface area contributed by atoms with Crippen molar-refractivity contribution in [3.05, 3.63) is 64.4 Å². The van der Waals surface area contributed by atoms with Crippen LogP contribution < -0.4 is 0 Å². The van der Waals surface area contributed by atoms with Crippen LogP contribution in [-0.4, -0.2) is 20.2 Å². The van der Waals surface area contributed by atoms with Crippen LogP contribution in [0.3, 0.4) is 0 Å². The molecule has 0 saturated carbocycles. The van der Waals surface area contributed by atoms with Crippen LogP contribution in [0.5, 0.6) is 0 Å². The zero-order valence-corrected chi connectivity index (χ0v) is 13.7. The van der Waals surface area contributed by atoms with Crippen molar-refractivity contribution in [3.63, 3.8) is 0 Å². The number of rotatable bonds is 3. The topological polar surface area (TPSA) is 55.7 Å². The fourth-order valence-electron chi connectivity index (χ4n) is 2.35. The lowest BCUT2D eigenvalue weighted by atomic mass is 10.1. The minimum absolute atomic E-state index is 0.0365. The molecule has 2 atom stereocenters. The summed E-state index contributed by atoms with van der Waals surface area (Å²) in [7, 11) is -3.75. The monoisotopic (exact) mass is 353 g/mol. The number of aliphatic imine (C=N–C) groups is 1. The molecule has 0 fully saturated rings. The number of sulfone groups is 1. The van der Waals surface area contributed by atoms with E-state index in [1.165, 1.54) is 30.3 Å². The zero-order chi connectivity index (χ0) is 16.6. The minimum Gasteiger partial charge on any atom is -0.472 e. The van der Waals surface area contributed by atoms with E-state index in [9.17, 15) is 12.8 Å². The van der Waals surface area contributed by atoms with Crippen LogP contribution in [0.25, 0.3) is 0 Å². The second kappa shape index (κ2) is 5.94. The van der Waals surface area contributed by atoms with Gasteiger partial charge in [0.1, 0.15) is 5.82 Å². The number of halogens is 2. The molecule has 0 unspecified atom stereocenters. The summed E-state index contributed by atoms with van der Waals surface area (Å²) >= 11 is 5.66. The molecule has 3 rings (SSSR count). The molecule has 1 heterocycles. The van der Waals surface area contributed by atoms with Crippen LogP contribution >= 0.6 is 11.6 Å². The van der Waals surface area contributed by atoms with E-state index in [0.29, 0.717) is 5.56 Å². The van der Waals surface area contributed by atoms with Gasteiger partial charge in [-0.25, -0.2) is 17.8 Å². The van der Waals surface area contributed by atoms with Crippen LogP contribution in [0, 0.1) is 12.7 Å². The Balaban J connectivity index is 1.98. The van der Waals surface area contributed by atoms with Gasteiger partial charge in [0.15, 0.2) is 17.9 Å². The summed E-state index contributed by atoms with van der Waals surface area (Å²) < 4.78 is 44.5. The quantitative estimate of drug-likeness (QED) is 0.845. The average Bonchev–Trinajstić information content (AvgIpc) is 3.01. The second-order valence-corrected chi connectivity index (χ2v) is 7.68. The first-order valence-corrected chi connectivity index (χ1v) is 8.74. The lowest BCUT2D eigenvalue weighted by Gasteiger charge is -2.18. The molecule has 7 heteroatoms. The molecule has 4 nitrogen and oxygen atoms in total. The first kappa shape index (κ1) is 16.0. The molecule has 0 bridgehead atoms. The highest BCUT2D eigenvalue weighted by atomic mass is 35.5. The predicted molar refractivity (Wildman–Crippen MR) is 85.9 cm³/mol. The normalized spacial score (nSPS) is 20.5. The van der Waals surface area contributed by atoms with Crippen molar-refractivity contribution in [2.75, 3.05) is 0 Å². The maximum absolute atomic E-state index is 13.6. The number of aryl methyl sites for hydroxylation is 1. The maximum Gasteiger partial charge on any atom is 0.205 e. The van der Waals surface area contributed by atoms with Crippen molar-refractivity contribution in [2.45, 2.75) is 23.3 Å². The molecule has 0 radical (unpaired) electrons. The van der Waals surface area contributed by atoms with E-state index in [4.69, 9.17) is 16.3 Å². The van der Waals surface area contributed by atoms with Crippen LogP contribution in [-0.2, 0) is 14.6 Å². The van der Waals surface area contributed by atoms with Gasteiger partial charge in [-0.05, 0) is 36.8 Å². The number of nitrogens with zero attached hydrogens (tertiary/aromatic N) is 1. The lowest BCUT2D eigenvalue weighted by Crippen LogP contribution is -2.24. The largest absolute Gasteiger partial charge is 0.472 e. The van der Waals surface area contributed by atoms with Gasteiger partial charge < -0.3 is 4.74 Å². The van der Waals surface area contributed by atoms with Crippen LogP contribution in [0.4, 0.5) is 4.39 Å². The average molecular weight is 354 g/mol. The Morgan fingerprint density at radius 2 is 1.87 bits per heavy atom. The van der Waals surface area contributed by atoms with Crippen molar-refractivity contribution >= 4 is 27.8 Å². The van der Waals surface area contributed by atoms with Gasteiger partial charge in [0.25, 0.3) is 0 Å². The highest BCUT2D eigenvalue weighted by Gasteiger charge is 2.39. The molecule has 0 aliphatic carbocycles. The zero-order valence-electron chi connectivity index (χ0n) is 12.1. The van der Waals surface area contributed by atoms with Crippen LogP contribution in [0.2, 0.25) is 5.02 Å². The summed E-state index contributed by atoms with van der Waals surface area (Å²) in [5.74, 6) is -0.633. The van der Waals surface area contributed by atoms with Gasteiger partial charge in [-0.1, -0.05) is 35.4 Å². The summed E-state index contributed by atoms with van der Waals surface area (Å²) in [4.78, 5) is 4.07. The standard InChI is InChI=1S/C16H13ClFNO3S/c1-10-2-5-12(6-3-10)23(20,21)16-15(22-9-19-16)11-4-7-13(17)14(18)8-11/h2-9,15-16H,1H3/t15-,16-/m1/s1. The van der Waals surface area contributed by atoms with Gasteiger partial charge in [0, 0.05) is 0 Å². The van der Waals surface area contributed by atoms with Crippen LogP contribution in [0.15, 0.2) is 52.4 Å². The van der Waals surface area contributed by atoms with E-state index in [2.05, 4.69) is 4.99 Å². The molecule has 0 spiro atoms. The van der Waals surface area contributed by atoms with E-state index < -0.39 is 27.1 Å². The molecule has 0 N–H and O–H groups in total. The fourth-order valence-corrected chi connectivity index (χ4v) is 4.02. The Bertz CT molecular complexity index is 865. The van der Waals surface area contributed by atoms with E-state index in [1.54, 1.807) is 12.1 Å². The highest BCUT2D eigenvalue weighted by molar-refractivity contribution is 7.92. The Labute approximate surface area is 138 Å². The van der Waals surface area contributed by atoms with Gasteiger partial charge in [0.05, 0.1) is 9.92 Å². The Morgan fingerprint density at radius 3 is 2.52 bits per heavy atom. The van der Waals surface area contributed by atoms with Gasteiger partial charge in [-0.3, -0.25) is 0 Å². The van der Waals surface area contributed by atoms with Gasteiger partial charge in [-0.2, -0.15) is 0 Å². The smallest absolute Gasteiger partial charge is 0.205 e. The van der Waals surface area contributed by atoms with Crippen molar-refractivity contribution in [3.8, 4) is 0 Å². The summed E-state index contributed by atoms with van der Waals surface area (Å²) in [6, 6.07) is 10.5. The predicted octanol–water partition coefficient (Wildman–Crippen LogP) is 3.69. The molecule has 120 valence electrons. The number of ether oxygens (including phenoxy) is 1. The summed E-state index contributed by atoms with van der Waals surface area (Å²) in [5, 5.41) is -1.20. The first-order valence-electron chi connectivity index (χ1n) is 6.82. The van der Waals surface area contributed by atoms with Crippen LogP contribution in [0.1, 0.15) is 17.2 Å². The highest BCUT2D eigenvalue weighted by Crippen LogP contribution is 2.34. The number of hydrogen-bond donors (Lipinski definition) is 0. The van der Waals surface area contributed by atoms with Crippen molar-refractivity contribution in [2.24, 2.45) is 4.99 Å². The van der Waals surface area contributed by atoms with E-state index >= 15 is 0 Å². The lowest BCUT2D eigenvalue weighted by molar-refractivity contribution is 0.226. The summed E-state index contributed by atoms with van der Waals surface area (Å²) in [6.45, 7) is 1.87. The van der Waals surface area contributed by atoms with E-state index in [0.717, 1.165) is 12.0 Å². The third-order valence-corrected chi connectivity index (χ3v) is 5.85. The van der Waals surface area contributed by atoms with Crippen molar-refractivity contribution in [1.29, 1.82) is 0 Å². The van der Waals surface area contributed by atoms with Gasteiger partial charge in [-0.15, -0.1) is 0 Å². The third-order valence-electron chi connectivity index (χ3n) is 3.61. The Hall–Kier alpha value is -1.92. The molecular formula is C16H13ClFNO3S. The summed E-state index contributed by atoms with van der Waals surface area (Å²) in [6.07, 6.45) is 0.182. The Kier molecular flexibility index (Phi) is 4.12. The number of benzene rings is 2. The molecule has 1 aliphatic heterocycles. The molecular weight excluding hydrogens is 341 g/mol. The van der Waals surface area contributed by atoms with E-state index in [1.807, 2.05) is 6.92 Å². The van der Waals surface area contributed by atoms with Gasteiger partial charge >= 0.3 is 0 Å². The first-order chi connectivity index (χ1) is 10.9. The van der Waals surface area contributed by atoms with Crippen molar-refractivity contribution < 1.29 is 17.5 Å². The van der Waals surface area contributed by atoms with Crippen molar-refractivity contribution in [1.82, 2.24) is 0 Å². The molecule has 1 aliphatic rings. The molecule has 23 heavy (non-hydrogen) atoms. The van der Waals surface area contributed by atoms with Gasteiger partial charge in [0.2, 0.25) is 9.84 Å². The Morgan fingerprint density at radius 1 is 1.17 bits per heavy atom. The molecule has 0 aromatic heterocycles. The molecule has 0 amide bonds. The SMILES string of the molecule is Cc1ccc(S(=O)(=O)[C@H]2N=CO[C@@H]2c2ccc(Cl)c(F)c2)cc1. The maximum atomic E-state index is 13.6. The summed E-state index contributed by atoms with van der Waals surface area (Å²) in [5.41, 5.74) is 1.32. The fraction of sp³-hybridized carbons (Fsp3) is 0.188. The second-order valence-electron chi connectivity index (χ2n) is 5.23. The third kappa shape index (κ3) is 2.96. The molecule has 2 aromatic rings. The molecule has 0 saturated heterocycles. The number of hydrogen-bond acceptors (Lipinski definition) is 4. The molecule has 2 aromatic carbocycles. The van der Waals surface area contributed by atoms with E-state index in [-0.39, 0.29) is 9.92 Å². The minimum atomic E-state index is -3.75.